The molecule has 1 fully saturated rings. The van der Waals surface area contributed by atoms with E-state index in [9.17, 15) is 0 Å². The molecule has 0 aliphatic carbocycles. The average molecular weight is 311 g/mol. The van der Waals surface area contributed by atoms with Gasteiger partial charge in [-0.1, -0.05) is 30.3 Å². The molecule has 0 spiro atoms. The molecule has 1 saturated heterocycles. The Kier molecular flexibility index (Phi) is 4.69. The van der Waals surface area contributed by atoms with Crippen LogP contribution in [-0.2, 0) is 15.9 Å². The topological polar surface area (TPSA) is 40.6 Å². The van der Waals surface area contributed by atoms with Gasteiger partial charge in [-0.2, -0.15) is 0 Å². The number of hydrogen-bond donors (Lipinski definition) is 0. The number of rotatable bonds is 4. The Morgan fingerprint density at radius 1 is 1.22 bits per heavy atom. The van der Waals surface area contributed by atoms with Gasteiger partial charge in [-0.15, -0.1) is 0 Å². The Morgan fingerprint density at radius 3 is 2.74 bits per heavy atom. The maximum Gasteiger partial charge on any atom is 0.518 e. The third-order valence-corrected chi connectivity index (χ3v) is 3.82. The summed E-state index contributed by atoms with van der Waals surface area (Å²) >= 11 is 0. The monoisotopic (exact) mass is 311 g/mol. The summed E-state index contributed by atoms with van der Waals surface area (Å²) in [5.41, 5.74) is 1.57. The summed E-state index contributed by atoms with van der Waals surface area (Å²) in [7, 11) is -0.499. The molecule has 2 aromatic rings. The van der Waals surface area contributed by atoms with Crippen LogP contribution in [0.25, 0.3) is 0 Å². The number of aromatic nitrogens is 1. The fourth-order valence-corrected chi connectivity index (χ4v) is 2.87. The van der Waals surface area contributed by atoms with Crippen molar-refractivity contribution in [3.05, 3.63) is 54.2 Å². The van der Waals surface area contributed by atoms with Crippen molar-refractivity contribution in [2.24, 2.45) is 0 Å². The van der Waals surface area contributed by atoms with Gasteiger partial charge in [-0.05, 0) is 44.9 Å². The van der Waals surface area contributed by atoms with Gasteiger partial charge in [0.1, 0.15) is 17.9 Å². The summed E-state index contributed by atoms with van der Waals surface area (Å²) in [6.07, 6.45) is 2.72. The smallest absolute Gasteiger partial charge is 0.488 e. The highest BCUT2D eigenvalue weighted by atomic mass is 16.6. The zero-order valence-corrected chi connectivity index (χ0v) is 13.9. The molecular weight excluding hydrogens is 289 g/mol. The molecule has 0 radical (unpaired) electrons. The van der Waals surface area contributed by atoms with Crippen LogP contribution in [0.2, 0.25) is 0 Å². The molecule has 4 nitrogen and oxygen atoms in total. The van der Waals surface area contributed by atoms with E-state index >= 15 is 0 Å². The average Bonchev–Trinajstić information content (AvgIpc) is 2.52. The van der Waals surface area contributed by atoms with E-state index in [1.165, 1.54) is 0 Å². The molecular formula is C18H22BNO3. The van der Waals surface area contributed by atoms with Gasteiger partial charge in [0.2, 0.25) is 0 Å². The van der Waals surface area contributed by atoms with Crippen molar-refractivity contribution in [3.8, 4) is 5.75 Å². The van der Waals surface area contributed by atoms with Gasteiger partial charge in [0, 0.05) is 12.3 Å². The van der Waals surface area contributed by atoms with Crippen LogP contribution in [0.3, 0.4) is 0 Å². The van der Waals surface area contributed by atoms with Crippen LogP contribution in [0.1, 0.15) is 32.8 Å². The van der Waals surface area contributed by atoms with Crippen molar-refractivity contribution in [2.45, 2.75) is 45.5 Å². The van der Waals surface area contributed by atoms with E-state index in [4.69, 9.17) is 14.0 Å². The number of nitrogens with zero attached hydrogens (tertiary/aromatic N) is 1. The second-order valence-corrected chi connectivity index (χ2v) is 6.52. The highest BCUT2D eigenvalue weighted by Crippen LogP contribution is 2.26. The summed E-state index contributed by atoms with van der Waals surface area (Å²) in [5, 5.41) is 0. The fourth-order valence-electron chi connectivity index (χ4n) is 2.87. The van der Waals surface area contributed by atoms with Gasteiger partial charge in [0.25, 0.3) is 0 Å². The summed E-state index contributed by atoms with van der Waals surface area (Å²) in [5.74, 6) is 0.700. The molecule has 1 aliphatic rings. The lowest BCUT2D eigenvalue weighted by Crippen LogP contribution is -2.52. The predicted molar refractivity (Wildman–Crippen MR) is 90.7 cm³/mol. The Balaban J connectivity index is 1.77. The first-order chi connectivity index (χ1) is 11.0. The minimum Gasteiger partial charge on any atom is -0.488 e. The molecule has 0 bridgehead atoms. The third-order valence-electron chi connectivity index (χ3n) is 3.82. The van der Waals surface area contributed by atoms with E-state index in [2.05, 4.69) is 25.8 Å². The van der Waals surface area contributed by atoms with Gasteiger partial charge >= 0.3 is 7.12 Å². The first kappa shape index (κ1) is 16.0. The van der Waals surface area contributed by atoms with Crippen LogP contribution in [-0.4, -0.2) is 23.8 Å². The highest BCUT2D eigenvalue weighted by Gasteiger charge is 2.40. The van der Waals surface area contributed by atoms with Gasteiger partial charge in [0.05, 0.1) is 5.60 Å². The standard InChI is InChI=1S/C18H22BNO3/c1-14-12-18(2,3)23-19(22-14)17-16(10-7-11-20-17)21-13-15-8-5-4-6-9-15/h4-11,14H,12-13H2,1-3H3. The molecule has 23 heavy (non-hydrogen) atoms. The Labute approximate surface area is 137 Å². The molecule has 0 saturated carbocycles. The number of benzene rings is 1. The molecule has 5 heteroatoms. The molecule has 0 amide bonds. The second kappa shape index (κ2) is 6.73. The van der Waals surface area contributed by atoms with Crippen molar-refractivity contribution >= 4 is 12.7 Å². The van der Waals surface area contributed by atoms with E-state index < -0.39 is 7.12 Å². The molecule has 1 aromatic carbocycles. The van der Waals surface area contributed by atoms with Crippen molar-refractivity contribution in [2.75, 3.05) is 0 Å². The quantitative estimate of drug-likeness (QED) is 0.814. The molecule has 3 rings (SSSR count). The summed E-state index contributed by atoms with van der Waals surface area (Å²) in [6, 6.07) is 13.8. The SMILES string of the molecule is CC1CC(C)(C)OB(c2ncccc2OCc2ccccc2)O1. The van der Waals surface area contributed by atoms with Crippen LogP contribution in [0, 0.1) is 0 Å². The van der Waals surface area contributed by atoms with Gasteiger partial charge in [0.15, 0.2) is 0 Å². The molecule has 1 aromatic heterocycles. The summed E-state index contributed by atoms with van der Waals surface area (Å²) in [6.45, 7) is 6.70. The van der Waals surface area contributed by atoms with Crippen molar-refractivity contribution in [1.29, 1.82) is 0 Å². The van der Waals surface area contributed by atoms with E-state index in [1.54, 1.807) is 6.20 Å². The molecule has 120 valence electrons. The Bertz CT molecular complexity index is 648. The maximum absolute atomic E-state index is 6.06. The Morgan fingerprint density at radius 2 is 2.00 bits per heavy atom. The summed E-state index contributed by atoms with van der Waals surface area (Å²) in [4.78, 5) is 4.44. The third kappa shape index (κ3) is 4.12. The van der Waals surface area contributed by atoms with E-state index in [0.717, 1.165) is 12.0 Å². The molecule has 2 heterocycles. The van der Waals surface area contributed by atoms with E-state index in [1.807, 2.05) is 42.5 Å². The van der Waals surface area contributed by atoms with Crippen molar-refractivity contribution in [1.82, 2.24) is 4.98 Å². The predicted octanol–water partition coefficient (Wildman–Crippen LogP) is 2.96. The highest BCUT2D eigenvalue weighted by molar-refractivity contribution is 6.61. The second-order valence-electron chi connectivity index (χ2n) is 6.52. The number of ether oxygens (including phenoxy) is 1. The first-order valence-electron chi connectivity index (χ1n) is 7.98. The zero-order valence-electron chi connectivity index (χ0n) is 13.9. The van der Waals surface area contributed by atoms with E-state index in [-0.39, 0.29) is 11.7 Å². The number of hydrogen-bond acceptors (Lipinski definition) is 4. The normalized spacial score (nSPS) is 20.3. The molecule has 1 unspecified atom stereocenters. The maximum atomic E-state index is 6.06. The van der Waals surface area contributed by atoms with Crippen LogP contribution in [0.4, 0.5) is 0 Å². The van der Waals surface area contributed by atoms with Gasteiger partial charge in [-0.3, -0.25) is 4.98 Å². The van der Waals surface area contributed by atoms with Gasteiger partial charge in [-0.25, -0.2) is 0 Å². The van der Waals surface area contributed by atoms with Crippen LogP contribution >= 0.6 is 0 Å². The Hall–Kier alpha value is -1.85. The minimum absolute atomic E-state index is 0.118. The lowest BCUT2D eigenvalue weighted by molar-refractivity contribution is -0.0234. The molecule has 0 N–H and O–H groups in total. The lowest BCUT2D eigenvalue weighted by atomic mass is 9.78. The summed E-state index contributed by atoms with van der Waals surface area (Å²) < 4.78 is 18.0. The van der Waals surface area contributed by atoms with Gasteiger partial charge < -0.3 is 14.0 Å². The van der Waals surface area contributed by atoms with Crippen LogP contribution in [0.5, 0.6) is 5.75 Å². The van der Waals surface area contributed by atoms with Crippen LogP contribution in [0.15, 0.2) is 48.7 Å². The first-order valence-corrected chi connectivity index (χ1v) is 7.98. The van der Waals surface area contributed by atoms with Crippen molar-refractivity contribution in [3.63, 3.8) is 0 Å². The fraction of sp³-hybridized carbons (Fsp3) is 0.389. The molecule has 1 aliphatic heterocycles. The zero-order chi connectivity index (χ0) is 16.3. The lowest BCUT2D eigenvalue weighted by Gasteiger charge is -2.38. The van der Waals surface area contributed by atoms with Crippen molar-refractivity contribution < 1.29 is 14.0 Å². The van der Waals surface area contributed by atoms with Crippen LogP contribution < -0.4 is 10.3 Å². The molecule has 1 atom stereocenters. The number of pyridine rings is 1. The van der Waals surface area contributed by atoms with E-state index in [0.29, 0.717) is 17.9 Å². The largest absolute Gasteiger partial charge is 0.518 e. The minimum atomic E-state index is -0.499.